The summed E-state index contributed by atoms with van der Waals surface area (Å²) in [6.45, 7) is -0.809. The van der Waals surface area contributed by atoms with Crippen LogP contribution in [0.4, 0.5) is 10.5 Å². The van der Waals surface area contributed by atoms with E-state index < -0.39 is 34.5 Å². The molecule has 0 unspecified atom stereocenters. The molecule has 0 spiro atoms. The Morgan fingerprint density at radius 2 is 1.83 bits per heavy atom. The number of anilines is 1. The van der Waals surface area contributed by atoms with Gasteiger partial charge in [-0.1, -0.05) is 23.7 Å². The van der Waals surface area contributed by atoms with Crippen LogP contribution in [0.5, 0.6) is 5.75 Å². The summed E-state index contributed by atoms with van der Waals surface area (Å²) in [5.41, 5.74) is 4.79. The van der Waals surface area contributed by atoms with Crippen molar-refractivity contribution in [3.05, 3.63) is 53.1 Å². The van der Waals surface area contributed by atoms with Crippen LogP contribution in [0.2, 0.25) is 5.02 Å². The molecule has 0 heterocycles. The molecule has 2 aromatic carbocycles. The van der Waals surface area contributed by atoms with E-state index in [4.69, 9.17) is 26.8 Å². The smallest absolute Gasteiger partial charge is 0.340 e. The van der Waals surface area contributed by atoms with Gasteiger partial charge in [0.25, 0.3) is 15.9 Å². The van der Waals surface area contributed by atoms with Crippen molar-refractivity contribution in [2.24, 2.45) is 5.73 Å². The van der Waals surface area contributed by atoms with Crippen LogP contribution < -0.4 is 20.1 Å². The van der Waals surface area contributed by atoms with E-state index in [2.05, 4.69) is 0 Å². The van der Waals surface area contributed by atoms with Gasteiger partial charge in [0.2, 0.25) is 0 Å². The Labute approximate surface area is 177 Å². The molecule has 10 nitrogen and oxygen atoms in total. The van der Waals surface area contributed by atoms with Gasteiger partial charge in [0.05, 0.1) is 28.3 Å². The van der Waals surface area contributed by atoms with Crippen molar-refractivity contribution in [3.8, 4) is 5.75 Å². The summed E-state index contributed by atoms with van der Waals surface area (Å²) in [5, 5.41) is 1.63. The Morgan fingerprint density at radius 1 is 1.17 bits per heavy atom. The van der Waals surface area contributed by atoms with E-state index in [1.165, 1.54) is 26.3 Å². The van der Waals surface area contributed by atoms with E-state index in [1.54, 1.807) is 29.6 Å². The van der Waals surface area contributed by atoms with Gasteiger partial charge in [-0.3, -0.25) is 14.4 Å². The highest BCUT2D eigenvalue weighted by atomic mass is 35.5. The average Bonchev–Trinajstić information content (AvgIpc) is 2.71. The molecular weight excluding hydrogens is 438 g/mol. The van der Waals surface area contributed by atoms with Crippen molar-refractivity contribution in [2.45, 2.75) is 4.90 Å². The fraction of sp³-hybridized carbons (Fsp3) is 0.167. The number of methoxy groups -OCH3 is 1. The summed E-state index contributed by atoms with van der Waals surface area (Å²) in [7, 11) is -1.36. The van der Waals surface area contributed by atoms with Crippen LogP contribution in [0, 0.1) is 0 Å². The lowest BCUT2D eigenvalue weighted by Gasteiger charge is -2.22. The maximum Gasteiger partial charge on any atom is 0.340 e. The minimum atomic E-state index is -4.10. The lowest BCUT2D eigenvalue weighted by atomic mass is 10.2. The molecule has 0 aromatic heterocycles. The minimum absolute atomic E-state index is 0.0887. The first-order valence-electron chi connectivity index (χ1n) is 8.25. The second-order valence-electron chi connectivity index (χ2n) is 5.77. The lowest BCUT2D eigenvalue weighted by Crippen LogP contribution is -2.37. The average molecular weight is 456 g/mol. The fourth-order valence-corrected chi connectivity index (χ4v) is 3.81. The number of hydrogen-bond acceptors (Lipinski definition) is 7. The molecule has 2 rings (SSSR count). The second-order valence-corrected chi connectivity index (χ2v) is 8.15. The topological polar surface area (TPSA) is 145 Å². The molecule has 0 saturated heterocycles. The molecule has 0 saturated carbocycles. The predicted molar refractivity (Wildman–Crippen MR) is 108 cm³/mol. The fourth-order valence-electron chi connectivity index (χ4n) is 2.38. The van der Waals surface area contributed by atoms with E-state index in [0.717, 1.165) is 10.4 Å². The monoisotopic (exact) mass is 455 g/mol. The van der Waals surface area contributed by atoms with E-state index >= 15 is 0 Å². The largest absolute Gasteiger partial charge is 0.495 e. The Kier molecular flexibility index (Phi) is 7.24. The highest BCUT2D eigenvalue weighted by Crippen LogP contribution is 2.32. The summed E-state index contributed by atoms with van der Waals surface area (Å²) >= 11 is 5.98. The number of imide groups is 1. The summed E-state index contributed by atoms with van der Waals surface area (Å²) in [4.78, 5) is 34.0. The third-order valence-electron chi connectivity index (χ3n) is 3.84. The molecule has 0 bridgehead atoms. The Balaban J connectivity index is 2.31. The first-order valence-corrected chi connectivity index (χ1v) is 10.1. The van der Waals surface area contributed by atoms with Crippen LogP contribution in [0.1, 0.15) is 10.4 Å². The summed E-state index contributed by atoms with van der Waals surface area (Å²) in [6, 6.07) is 8.84. The molecule has 0 aliphatic heterocycles. The molecule has 0 aliphatic carbocycles. The third-order valence-corrected chi connectivity index (χ3v) is 5.93. The number of nitrogens with two attached hydrogens (primary N) is 1. The molecule has 0 fully saturated rings. The first kappa shape index (κ1) is 23.0. The van der Waals surface area contributed by atoms with Gasteiger partial charge in [-0.2, -0.15) is 0 Å². The summed E-state index contributed by atoms with van der Waals surface area (Å²) in [5.74, 6) is -1.68. The highest BCUT2D eigenvalue weighted by molar-refractivity contribution is 7.92. The number of carbonyl (C=O) groups is 3. The van der Waals surface area contributed by atoms with Crippen LogP contribution in [-0.4, -0.2) is 47.1 Å². The van der Waals surface area contributed by atoms with Gasteiger partial charge in [0.1, 0.15) is 5.75 Å². The van der Waals surface area contributed by atoms with Crippen molar-refractivity contribution in [1.29, 1.82) is 0 Å². The number of urea groups is 1. The third kappa shape index (κ3) is 5.19. The normalized spacial score (nSPS) is 10.8. The number of ether oxygens (including phenoxy) is 2. The molecular formula is C18H18ClN3O7S. The molecule has 3 amide bonds. The standard InChI is InChI=1S/C18H18ClN3O7S/c1-22(14-5-3-4-6-15(14)28-2)30(26,27)11-7-8-13(19)12(9-11)17(24)29-10-16(23)21-18(20)25/h3-9H,10H2,1-2H3,(H3,20,21,23,25). The number of primary amides is 1. The van der Waals surface area contributed by atoms with Crippen molar-refractivity contribution in [2.75, 3.05) is 25.1 Å². The number of hydrogen-bond donors (Lipinski definition) is 2. The molecule has 30 heavy (non-hydrogen) atoms. The van der Waals surface area contributed by atoms with E-state index in [-0.39, 0.29) is 21.2 Å². The number of carbonyl (C=O) groups excluding carboxylic acids is 3. The number of rotatable bonds is 7. The Morgan fingerprint density at radius 3 is 2.47 bits per heavy atom. The predicted octanol–water partition coefficient (Wildman–Crippen LogP) is 1.53. The van der Waals surface area contributed by atoms with Crippen LogP contribution >= 0.6 is 11.6 Å². The van der Waals surface area contributed by atoms with Crippen LogP contribution in [-0.2, 0) is 19.6 Å². The Hall–Kier alpha value is -3.31. The van der Waals surface area contributed by atoms with Crippen molar-refractivity contribution >= 4 is 45.2 Å². The number of benzene rings is 2. The number of sulfonamides is 1. The van der Waals surface area contributed by atoms with Gasteiger partial charge in [-0.05, 0) is 30.3 Å². The van der Waals surface area contributed by atoms with E-state index in [9.17, 15) is 22.8 Å². The SMILES string of the molecule is COc1ccccc1N(C)S(=O)(=O)c1ccc(Cl)c(C(=O)OCC(=O)NC(N)=O)c1. The molecule has 0 aliphatic rings. The molecule has 2 aromatic rings. The molecule has 160 valence electrons. The number of amides is 3. The van der Waals surface area contributed by atoms with Crippen LogP contribution in [0.25, 0.3) is 0 Å². The number of nitrogens with one attached hydrogen (secondary N) is 1. The van der Waals surface area contributed by atoms with E-state index in [0.29, 0.717) is 5.75 Å². The summed E-state index contributed by atoms with van der Waals surface area (Å²) < 4.78 is 37.0. The summed E-state index contributed by atoms with van der Waals surface area (Å²) in [6.07, 6.45) is 0. The zero-order valence-corrected chi connectivity index (χ0v) is 17.5. The number of nitrogens with zero attached hydrogens (tertiary/aromatic N) is 1. The highest BCUT2D eigenvalue weighted by Gasteiger charge is 2.26. The Bertz CT molecular complexity index is 1090. The van der Waals surface area contributed by atoms with Gasteiger partial charge in [0, 0.05) is 7.05 Å². The van der Waals surface area contributed by atoms with Gasteiger partial charge < -0.3 is 15.2 Å². The van der Waals surface area contributed by atoms with Crippen LogP contribution in [0.3, 0.4) is 0 Å². The van der Waals surface area contributed by atoms with Crippen molar-refractivity contribution in [3.63, 3.8) is 0 Å². The van der Waals surface area contributed by atoms with Crippen LogP contribution in [0.15, 0.2) is 47.4 Å². The van der Waals surface area contributed by atoms with Crippen molar-refractivity contribution in [1.82, 2.24) is 5.32 Å². The van der Waals surface area contributed by atoms with E-state index in [1.807, 2.05) is 0 Å². The number of esters is 1. The number of para-hydroxylation sites is 2. The quantitative estimate of drug-likeness (QED) is 0.602. The molecule has 0 radical (unpaired) electrons. The minimum Gasteiger partial charge on any atom is -0.495 e. The van der Waals surface area contributed by atoms with Gasteiger partial charge >= 0.3 is 12.0 Å². The maximum absolute atomic E-state index is 13.0. The number of halogens is 1. The van der Waals surface area contributed by atoms with Gasteiger partial charge in [-0.25, -0.2) is 18.0 Å². The van der Waals surface area contributed by atoms with Gasteiger partial charge in [0.15, 0.2) is 6.61 Å². The first-order chi connectivity index (χ1) is 14.1. The second kappa shape index (κ2) is 9.46. The zero-order valence-electron chi connectivity index (χ0n) is 15.9. The zero-order chi connectivity index (χ0) is 22.5. The van der Waals surface area contributed by atoms with Gasteiger partial charge in [-0.15, -0.1) is 0 Å². The van der Waals surface area contributed by atoms with Crippen molar-refractivity contribution < 1.29 is 32.3 Å². The molecule has 0 atom stereocenters. The molecule has 3 N–H and O–H groups in total. The molecule has 12 heteroatoms. The lowest BCUT2D eigenvalue weighted by molar-refractivity contribution is -0.123. The maximum atomic E-state index is 13.0.